The summed E-state index contributed by atoms with van der Waals surface area (Å²) in [6.07, 6.45) is 0. The van der Waals surface area contributed by atoms with Gasteiger partial charge in [-0.05, 0) is 5.92 Å². The Kier molecular flexibility index (Phi) is 2.78. The molecule has 78 valence electrons. The number of aromatic nitrogens is 2. The molecule has 14 heavy (non-hydrogen) atoms. The second-order valence-corrected chi connectivity index (χ2v) is 3.74. The fourth-order valence-corrected chi connectivity index (χ4v) is 1.26. The third-order valence-corrected chi connectivity index (χ3v) is 1.97. The van der Waals surface area contributed by atoms with Gasteiger partial charge in [0.05, 0.1) is 5.56 Å². The summed E-state index contributed by atoms with van der Waals surface area (Å²) in [4.78, 5) is 20.1. The minimum Gasteiger partial charge on any atom is -0.383 e. The van der Waals surface area contributed by atoms with Gasteiger partial charge < -0.3 is 10.6 Å². The number of nitrogen functional groups attached to an aromatic ring is 1. The van der Waals surface area contributed by atoms with Crippen molar-refractivity contribution >= 4 is 11.8 Å². The molecule has 0 radical (unpaired) electrons. The normalized spacial score (nSPS) is 10.6. The maximum atomic E-state index is 11.6. The van der Waals surface area contributed by atoms with Gasteiger partial charge in [0.2, 0.25) is 5.95 Å². The lowest BCUT2D eigenvalue weighted by Gasteiger charge is -2.13. The van der Waals surface area contributed by atoms with Gasteiger partial charge in [0, 0.05) is 14.1 Å². The van der Waals surface area contributed by atoms with E-state index >= 15 is 0 Å². The third kappa shape index (κ3) is 1.86. The molecule has 0 aliphatic carbocycles. The SMILES string of the molecule is CC(C)c1c(N)nc(N(C)C)[nH]c1=O. The maximum Gasteiger partial charge on any atom is 0.257 e. The number of rotatable bonds is 2. The monoisotopic (exact) mass is 196 g/mol. The van der Waals surface area contributed by atoms with Gasteiger partial charge in [0.15, 0.2) is 0 Å². The lowest BCUT2D eigenvalue weighted by atomic mass is 10.1. The molecule has 0 amide bonds. The van der Waals surface area contributed by atoms with Crippen LogP contribution in [0.1, 0.15) is 25.3 Å². The second-order valence-electron chi connectivity index (χ2n) is 3.74. The summed E-state index contributed by atoms with van der Waals surface area (Å²) in [7, 11) is 3.60. The molecule has 0 spiro atoms. The number of hydrogen-bond acceptors (Lipinski definition) is 4. The van der Waals surface area contributed by atoms with Gasteiger partial charge in [-0.3, -0.25) is 9.78 Å². The first-order valence-electron chi connectivity index (χ1n) is 4.50. The zero-order valence-corrected chi connectivity index (χ0v) is 8.96. The summed E-state index contributed by atoms with van der Waals surface area (Å²) < 4.78 is 0. The van der Waals surface area contributed by atoms with E-state index in [0.29, 0.717) is 17.3 Å². The number of nitrogens with zero attached hydrogens (tertiary/aromatic N) is 2. The molecule has 0 atom stereocenters. The first-order valence-corrected chi connectivity index (χ1v) is 4.50. The molecule has 0 saturated carbocycles. The molecule has 1 aromatic rings. The second kappa shape index (κ2) is 3.69. The van der Waals surface area contributed by atoms with Crippen LogP contribution in [0.25, 0.3) is 0 Å². The third-order valence-electron chi connectivity index (χ3n) is 1.97. The number of aromatic amines is 1. The van der Waals surface area contributed by atoms with Gasteiger partial charge in [0.1, 0.15) is 5.82 Å². The Morgan fingerprint density at radius 3 is 2.36 bits per heavy atom. The first-order chi connectivity index (χ1) is 6.43. The Hall–Kier alpha value is -1.52. The fourth-order valence-electron chi connectivity index (χ4n) is 1.26. The Morgan fingerprint density at radius 1 is 1.43 bits per heavy atom. The smallest absolute Gasteiger partial charge is 0.257 e. The van der Waals surface area contributed by atoms with E-state index in [-0.39, 0.29) is 11.5 Å². The molecular weight excluding hydrogens is 180 g/mol. The number of hydrogen-bond donors (Lipinski definition) is 2. The molecule has 1 aromatic heterocycles. The van der Waals surface area contributed by atoms with Crippen LogP contribution >= 0.6 is 0 Å². The van der Waals surface area contributed by atoms with Crippen molar-refractivity contribution in [3.8, 4) is 0 Å². The van der Waals surface area contributed by atoms with Crippen molar-refractivity contribution in [3.63, 3.8) is 0 Å². The van der Waals surface area contributed by atoms with Crippen LogP contribution in [0.3, 0.4) is 0 Å². The molecule has 0 aliphatic rings. The summed E-state index contributed by atoms with van der Waals surface area (Å²) in [5, 5.41) is 0. The van der Waals surface area contributed by atoms with E-state index in [4.69, 9.17) is 5.73 Å². The van der Waals surface area contributed by atoms with Crippen molar-refractivity contribution in [2.24, 2.45) is 0 Å². The van der Waals surface area contributed by atoms with Gasteiger partial charge in [-0.1, -0.05) is 13.8 Å². The predicted octanol–water partition coefficient (Wildman–Crippen LogP) is 0.542. The molecule has 5 heteroatoms. The Bertz CT molecular complexity index is 381. The lowest BCUT2D eigenvalue weighted by Crippen LogP contribution is -2.23. The fraction of sp³-hybridized carbons (Fsp3) is 0.556. The average molecular weight is 196 g/mol. The molecule has 1 rings (SSSR count). The summed E-state index contributed by atoms with van der Waals surface area (Å²) >= 11 is 0. The van der Waals surface area contributed by atoms with Gasteiger partial charge in [-0.15, -0.1) is 0 Å². The number of nitrogens with one attached hydrogen (secondary N) is 1. The minimum absolute atomic E-state index is 0.0856. The molecular formula is C9H16N4O. The van der Waals surface area contributed by atoms with Crippen LogP contribution in [-0.2, 0) is 0 Å². The van der Waals surface area contributed by atoms with E-state index in [9.17, 15) is 4.79 Å². The van der Waals surface area contributed by atoms with E-state index in [0.717, 1.165) is 0 Å². The average Bonchev–Trinajstić information content (AvgIpc) is 2.01. The van der Waals surface area contributed by atoms with Gasteiger partial charge in [-0.2, -0.15) is 4.98 Å². The van der Waals surface area contributed by atoms with Gasteiger partial charge >= 0.3 is 0 Å². The molecule has 0 aliphatic heterocycles. The minimum atomic E-state index is -0.156. The van der Waals surface area contributed by atoms with Crippen LogP contribution in [-0.4, -0.2) is 24.1 Å². The highest BCUT2D eigenvalue weighted by molar-refractivity contribution is 5.45. The van der Waals surface area contributed by atoms with Crippen molar-refractivity contribution in [2.75, 3.05) is 24.7 Å². The highest BCUT2D eigenvalue weighted by Gasteiger charge is 2.12. The molecule has 0 bridgehead atoms. The standard InChI is InChI=1S/C9H16N4O/c1-5(2)6-7(10)11-9(13(3)4)12-8(6)14/h5H,1-4H3,(H3,10,11,12,14). The summed E-state index contributed by atoms with van der Waals surface area (Å²) in [6, 6.07) is 0. The van der Waals surface area contributed by atoms with E-state index < -0.39 is 0 Å². The molecule has 5 nitrogen and oxygen atoms in total. The zero-order chi connectivity index (χ0) is 10.9. The predicted molar refractivity (Wildman–Crippen MR) is 57.7 cm³/mol. The summed E-state index contributed by atoms with van der Waals surface area (Å²) in [6.45, 7) is 3.83. The molecule has 1 heterocycles. The number of nitrogens with two attached hydrogens (primary N) is 1. The van der Waals surface area contributed by atoms with Gasteiger partial charge in [-0.25, -0.2) is 0 Å². The summed E-state index contributed by atoms with van der Waals surface area (Å²) in [5.41, 5.74) is 6.10. The van der Waals surface area contributed by atoms with Crippen LogP contribution in [0.5, 0.6) is 0 Å². The molecule has 0 unspecified atom stereocenters. The molecule has 0 saturated heterocycles. The van der Waals surface area contributed by atoms with E-state index in [1.807, 2.05) is 13.8 Å². The van der Waals surface area contributed by atoms with Crippen LogP contribution < -0.4 is 16.2 Å². The first kappa shape index (κ1) is 10.6. The number of H-pyrrole nitrogens is 1. The zero-order valence-electron chi connectivity index (χ0n) is 8.96. The molecule has 0 fully saturated rings. The van der Waals surface area contributed by atoms with Crippen molar-refractivity contribution in [1.82, 2.24) is 9.97 Å². The van der Waals surface area contributed by atoms with Crippen molar-refractivity contribution < 1.29 is 0 Å². The van der Waals surface area contributed by atoms with Crippen LogP contribution in [0.15, 0.2) is 4.79 Å². The lowest BCUT2D eigenvalue weighted by molar-refractivity contribution is 0.829. The van der Waals surface area contributed by atoms with E-state index in [1.54, 1.807) is 19.0 Å². The van der Waals surface area contributed by atoms with Gasteiger partial charge in [0.25, 0.3) is 5.56 Å². The highest BCUT2D eigenvalue weighted by Crippen LogP contribution is 2.16. The van der Waals surface area contributed by atoms with Crippen molar-refractivity contribution in [2.45, 2.75) is 19.8 Å². The van der Waals surface area contributed by atoms with Crippen molar-refractivity contribution in [1.29, 1.82) is 0 Å². The van der Waals surface area contributed by atoms with Crippen LogP contribution in [0, 0.1) is 0 Å². The Morgan fingerprint density at radius 2 is 2.00 bits per heavy atom. The van der Waals surface area contributed by atoms with Crippen LogP contribution in [0.2, 0.25) is 0 Å². The number of anilines is 2. The molecule has 3 N–H and O–H groups in total. The van der Waals surface area contributed by atoms with E-state index in [1.165, 1.54) is 0 Å². The Labute approximate surface area is 83.0 Å². The molecule has 0 aromatic carbocycles. The van der Waals surface area contributed by atoms with E-state index in [2.05, 4.69) is 9.97 Å². The quantitative estimate of drug-likeness (QED) is 0.724. The van der Waals surface area contributed by atoms with Crippen molar-refractivity contribution in [3.05, 3.63) is 15.9 Å². The Balaban J connectivity index is 3.33. The summed E-state index contributed by atoms with van der Waals surface area (Å²) in [5.74, 6) is 0.881. The topological polar surface area (TPSA) is 75.0 Å². The van der Waals surface area contributed by atoms with Crippen LogP contribution in [0.4, 0.5) is 11.8 Å². The maximum absolute atomic E-state index is 11.6. The largest absolute Gasteiger partial charge is 0.383 e. The highest BCUT2D eigenvalue weighted by atomic mass is 16.1.